The van der Waals surface area contributed by atoms with Crippen LogP contribution >= 0.6 is 0 Å². The van der Waals surface area contributed by atoms with E-state index in [9.17, 15) is 4.79 Å². The second-order valence-electron chi connectivity index (χ2n) is 5.73. The first-order chi connectivity index (χ1) is 12.1. The second kappa shape index (κ2) is 7.17. The fourth-order valence-electron chi connectivity index (χ4n) is 2.60. The van der Waals surface area contributed by atoms with Crippen LogP contribution in [0.5, 0.6) is 5.75 Å². The van der Waals surface area contributed by atoms with Gasteiger partial charge in [-0.3, -0.25) is 9.48 Å². The van der Waals surface area contributed by atoms with Crippen LogP contribution in [0.15, 0.2) is 48.7 Å². The first-order valence-corrected chi connectivity index (χ1v) is 7.98. The summed E-state index contributed by atoms with van der Waals surface area (Å²) >= 11 is 0. The van der Waals surface area contributed by atoms with E-state index in [1.54, 1.807) is 19.2 Å². The topological polar surface area (TPSA) is 69.0 Å². The van der Waals surface area contributed by atoms with Gasteiger partial charge < -0.3 is 10.1 Å². The molecule has 128 valence electrons. The number of pyridine rings is 1. The summed E-state index contributed by atoms with van der Waals surface area (Å²) in [4.78, 5) is 16.5. The first-order valence-electron chi connectivity index (χ1n) is 7.98. The maximum absolute atomic E-state index is 12.4. The minimum atomic E-state index is -0.270. The van der Waals surface area contributed by atoms with Gasteiger partial charge in [0.15, 0.2) is 0 Å². The summed E-state index contributed by atoms with van der Waals surface area (Å²) in [5.41, 5.74) is 3.88. The van der Waals surface area contributed by atoms with E-state index in [2.05, 4.69) is 27.5 Å². The number of nitrogens with zero attached hydrogens (tertiary/aromatic N) is 3. The highest BCUT2D eigenvalue weighted by Gasteiger charge is 2.16. The Hall–Kier alpha value is -3.15. The molecule has 3 aromatic rings. The highest BCUT2D eigenvalue weighted by Crippen LogP contribution is 2.21. The van der Waals surface area contributed by atoms with Gasteiger partial charge in [-0.25, -0.2) is 4.98 Å². The number of methoxy groups -OCH3 is 1. The minimum Gasteiger partial charge on any atom is -0.495 e. The van der Waals surface area contributed by atoms with Crippen LogP contribution in [-0.2, 0) is 6.54 Å². The lowest BCUT2D eigenvalue weighted by molar-refractivity contribution is 0.102. The second-order valence-corrected chi connectivity index (χ2v) is 5.73. The van der Waals surface area contributed by atoms with Crippen molar-refractivity contribution in [2.45, 2.75) is 20.4 Å². The number of ether oxygens (including phenoxy) is 1. The van der Waals surface area contributed by atoms with Crippen molar-refractivity contribution < 1.29 is 9.53 Å². The molecule has 1 N–H and O–H groups in total. The number of aryl methyl sites for hydroxylation is 1. The van der Waals surface area contributed by atoms with Crippen molar-refractivity contribution in [3.8, 4) is 5.75 Å². The molecule has 0 spiro atoms. The van der Waals surface area contributed by atoms with Gasteiger partial charge in [-0.1, -0.05) is 30.3 Å². The molecule has 0 saturated heterocycles. The largest absolute Gasteiger partial charge is 0.495 e. The maximum Gasteiger partial charge on any atom is 0.274 e. The number of rotatable bonds is 5. The number of hydrogen-bond acceptors (Lipinski definition) is 4. The molecular formula is C19H20N4O2. The van der Waals surface area contributed by atoms with Crippen LogP contribution < -0.4 is 10.1 Å². The van der Waals surface area contributed by atoms with Gasteiger partial charge in [-0.05, 0) is 31.5 Å². The Labute approximate surface area is 146 Å². The summed E-state index contributed by atoms with van der Waals surface area (Å²) < 4.78 is 6.95. The standard InChI is InChI=1S/C19H20N4O2/c1-13-18(21-19(24)17-10-9-16(25-3)11-20-17)14(2)23(22-13)12-15-7-5-4-6-8-15/h4-11H,12H2,1-3H3,(H,21,24). The lowest BCUT2D eigenvalue weighted by atomic mass is 10.2. The van der Waals surface area contributed by atoms with Crippen molar-refractivity contribution in [1.82, 2.24) is 14.8 Å². The summed E-state index contributed by atoms with van der Waals surface area (Å²) in [6.45, 7) is 4.48. The number of aromatic nitrogens is 3. The maximum atomic E-state index is 12.4. The zero-order valence-electron chi connectivity index (χ0n) is 14.5. The Kier molecular flexibility index (Phi) is 4.79. The Balaban J connectivity index is 1.79. The van der Waals surface area contributed by atoms with Crippen LogP contribution in [0.3, 0.4) is 0 Å². The Morgan fingerprint density at radius 3 is 2.56 bits per heavy atom. The highest BCUT2D eigenvalue weighted by atomic mass is 16.5. The van der Waals surface area contributed by atoms with Gasteiger partial charge in [0.2, 0.25) is 0 Å². The predicted molar refractivity (Wildman–Crippen MR) is 96.0 cm³/mol. The molecule has 0 unspecified atom stereocenters. The van der Waals surface area contributed by atoms with E-state index >= 15 is 0 Å². The van der Waals surface area contributed by atoms with Gasteiger partial charge in [0.05, 0.1) is 36.9 Å². The van der Waals surface area contributed by atoms with E-state index in [-0.39, 0.29) is 5.91 Å². The summed E-state index contributed by atoms with van der Waals surface area (Å²) in [7, 11) is 1.56. The summed E-state index contributed by atoms with van der Waals surface area (Å²) in [6.07, 6.45) is 1.52. The zero-order chi connectivity index (χ0) is 17.8. The molecule has 1 aromatic carbocycles. The molecule has 0 fully saturated rings. The fraction of sp³-hybridized carbons (Fsp3) is 0.211. The van der Waals surface area contributed by atoms with E-state index in [1.807, 2.05) is 36.7 Å². The molecule has 0 bridgehead atoms. The van der Waals surface area contributed by atoms with Crippen molar-refractivity contribution in [3.05, 3.63) is 71.3 Å². The van der Waals surface area contributed by atoms with Gasteiger partial charge in [0.1, 0.15) is 11.4 Å². The number of amides is 1. The third kappa shape index (κ3) is 3.68. The Morgan fingerprint density at radius 1 is 1.16 bits per heavy atom. The smallest absolute Gasteiger partial charge is 0.274 e. The SMILES string of the molecule is COc1ccc(C(=O)Nc2c(C)nn(Cc3ccccc3)c2C)nc1. The van der Waals surface area contributed by atoms with Crippen LogP contribution in [0.4, 0.5) is 5.69 Å². The predicted octanol–water partition coefficient (Wildman–Crippen LogP) is 3.20. The monoisotopic (exact) mass is 336 g/mol. The highest BCUT2D eigenvalue weighted by molar-refractivity contribution is 6.03. The van der Waals surface area contributed by atoms with Crippen molar-refractivity contribution >= 4 is 11.6 Å². The Bertz CT molecular complexity index is 870. The van der Waals surface area contributed by atoms with E-state index in [0.29, 0.717) is 18.0 Å². The van der Waals surface area contributed by atoms with Crippen molar-refractivity contribution in [3.63, 3.8) is 0 Å². The third-order valence-electron chi connectivity index (χ3n) is 4.00. The molecule has 2 aromatic heterocycles. The molecule has 0 aliphatic carbocycles. The first kappa shape index (κ1) is 16.7. The van der Waals surface area contributed by atoms with Gasteiger partial charge >= 0.3 is 0 Å². The molecule has 2 heterocycles. The number of nitrogens with one attached hydrogen (secondary N) is 1. The van der Waals surface area contributed by atoms with E-state index in [1.165, 1.54) is 6.20 Å². The summed E-state index contributed by atoms with van der Waals surface area (Å²) in [5, 5.41) is 7.45. The molecule has 0 radical (unpaired) electrons. The van der Waals surface area contributed by atoms with E-state index < -0.39 is 0 Å². The van der Waals surface area contributed by atoms with Gasteiger partial charge in [0.25, 0.3) is 5.91 Å². The van der Waals surface area contributed by atoms with Crippen molar-refractivity contribution in [1.29, 1.82) is 0 Å². The molecule has 0 atom stereocenters. The number of carbonyl (C=O) groups excluding carboxylic acids is 1. The number of carbonyl (C=O) groups is 1. The van der Waals surface area contributed by atoms with Crippen LogP contribution in [-0.4, -0.2) is 27.8 Å². The average molecular weight is 336 g/mol. The summed E-state index contributed by atoms with van der Waals surface area (Å²) in [5.74, 6) is 0.340. The van der Waals surface area contributed by atoms with Crippen LogP contribution in [0.1, 0.15) is 27.4 Å². The Morgan fingerprint density at radius 2 is 1.92 bits per heavy atom. The lowest BCUT2D eigenvalue weighted by Gasteiger charge is -2.07. The molecular weight excluding hydrogens is 316 g/mol. The van der Waals surface area contributed by atoms with Crippen LogP contribution in [0.2, 0.25) is 0 Å². The quantitative estimate of drug-likeness (QED) is 0.777. The molecule has 0 aliphatic heterocycles. The molecule has 25 heavy (non-hydrogen) atoms. The van der Waals surface area contributed by atoms with Crippen molar-refractivity contribution in [2.24, 2.45) is 0 Å². The van der Waals surface area contributed by atoms with Gasteiger partial charge in [-0.2, -0.15) is 5.10 Å². The third-order valence-corrected chi connectivity index (χ3v) is 4.00. The van der Waals surface area contributed by atoms with E-state index in [4.69, 9.17) is 4.74 Å². The molecule has 0 aliphatic rings. The number of benzene rings is 1. The summed E-state index contributed by atoms with van der Waals surface area (Å²) in [6, 6.07) is 13.4. The van der Waals surface area contributed by atoms with E-state index in [0.717, 1.165) is 22.6 Å². The zero-order valence-corrected chi connectivity index (χ0v) is 14.5. The molecule has 3 rings (SSSR count). The van der Waals surface area contributed by atoms with Crippen LogP contribution in [0.25, 0.3) is 0 Å². The molecule has 0 saturated carbocycles. The van der Waals surface area contributed by atoms with Crippen molar-refractivity contribution in [2.75, 3.05) is 12.4 Å². The number of anilines is 1. The van der Waals surface area contributed by atoms with Gasteiger partial charge in [0, 0.05) is 0 Å². The minimum absolute atomic E-state index is 0.270. The molecule has 6 heteroatoms. The van der Waals surface area contributed by atoms with Gasteiger partial charge in [-0.15, -0.1) is 0 Å². The fourth-order valence-corrected chi connectivity index (χ4v) is 2.60. The lowest BCUT2D eigenvalue weighted by Crippen LogP contribution is -2.15. The average Bonchev–Trinajstić information content (AvgIpc) is 2.90. The molecule has 6 nitrogen and oxygen atoms in total. The molecule has 1 amide bonds. The normalized spacial score (nSPS) is 10.5. The number of hydrogen-bond donors (Lipinski definition) is 1. The van der Waals surface area contributed by atoms with Crippen LogP contribution in [0, 0.1) is 13.8 Å².